The summed E-state index contributed by atoms with van der Waals surface area (Å²) in [5.41, 5.74) is 8.84. The lowest BCUT2D eigenvalue weighted by molar-refractivity contribution is 0.327. The van der Waals surface area contributed by atoms with E-state index in [0.29, 0.717) is 22.1 Å². The van der Waals surface area contributed by atoms with Crippen molar-refractivity contribution in [3.63, 3.8) is 0 Å². The summed E-state index contributed by atoms with van der Waals surface area (Å²) in [6, 6.07) is 1.88. The molecule has 1 saturated carbocycles. The summed E-state index contributed by atoms with van der Waals surface area (Å²) in [5.74, 6) is 0.580. The predicted molar refractivity (Wildman–Crippen MR) is 86.8 cm³/mol. The number of anilines is 1. The minimum absolute atomic E-state index is 0.0410. The van der Waals surface area contributed by atoms with Crippen molar-refractivity contribution in [3.05, 3.63) is 22.8 Å². The number of hydrogen-bond donors (Lipinski definition) is 2. The molecule has 0 bridgehead atoms. The molecule has 2 rings (SSSR count). The van der Waals surface area contributed by atoms with Gasteiger partial charge < -0.3 is 5.73 Å². The van der Waals surface area contributed by atoms with Crippen LogP contribution in [0.25, 0.3) is 0 Å². The van der Waals surface area contributed by atoms with Crippen LogP contribution in [-0.4, -0.2) is 14.5 Å². The van der Waals surface area contributed by atoms with E-state index in [1.807, 2.05) is 19.9 Å². The molecule has 0 amide bonds. The molecule has 1 aliphatic carbocycles. The Morgan fingerprint density at radius 1 is 1.19 bits per heavy atom. The van der Waals surface area contributed by atoms with Crippen LogP contribution >= 0.6 is 0 Å². The third-order valence-corrected chi connectivity index (χ3v) is 6.40. The first-order valence-electron chi connectivity index (χ1n) is 7.61. The maximum atomic E-state index is 12.8. The monoisotopic (exact) mass is 310 g/mol. The topological polar surface area (TPSA) is 72.2 Å². The van der Waals surface area contributed by atoms with Gasteiger partial charge in [0, 0.05) is 11.7 Å². The van der Waals surface area contributed by atoms with Gasteiger partial charge in [-0.05, 0) is 62.3 Å². The summed E-state index contributed by atoms with van der Waals surface area (Å²) >= 11 is 0. The number of nitrogens with one attached hydrogen (secondary N) is 1. The lowest BCUT2D eigenvalue weighted by Gasteiger charge is -2.28. The highest BCUT2D eigenvalue weighted by atomic mass is 32.2. The van der Waals surface area contributed by atoms with Crippen LogP contribution in [0.1, 0.15) is 49.3 Å². The molecule has 1 aromatic carbocycles. The summed E-state index contributed by atoms with van der Waals surface area (Å²) in [4.78, 5) is 0.359. The molecule has 0 spiro atoms. The number of benzene rings is 1. The summed E-state index contributed by atoms with van der Waals surface area (Å²) in [7, 11) is -3.52. The van der Waals surface area contributed by atoms with E-state index in [1.165, 1.54) is 6.42 Å². The Kier molecular flexibility index (Phi) is 4.63. The largest absolute Gasteiger partial charge is 0.398 e. The van der Waals surface area contributed by atoms with Gasteiger partial charge in [-0.2, -0.15) is 0 Å². The van der Waals surface area contributed by atoms with Gasteiger partial charge in [-0.1, -0.05) is 19.8 Å². The zero-order valence-electron chi connectivity index (χ0n) is 13.4. The molecule has 1 aromatic rings. The quantitative estimate of drug-likeness (QED) is 0.843. The molecule has 4 nitrogen and oxygen atoms in total. The van der Waals surface area contributed by atoms with Crippen molar-refractivity contribution >= 4 is 15.7 Å². The van der Waals surface area contributed by atoms with Gasteiger partial charge in [-0.3, -0.25) is 0 Å². The standard InChI is InChI=1S/C16H26N2O2S/c1-10-6-5-7-14(8-10)18-21(19,20)16-12(3)11(2)9-15(17)13(16)4/h9-10,14,18H,5-8,17H2,1-4H3. The molecule has 2 unspecified atom stereocenters. The van der Waals surface area contributed by atoms with E-state index in [-0.39, 0.29) is 6.04 Å². The highest BCUT2D eigenvalue weighted by Gasteiger charge is 2.27. The second-order valence-corrected chi connectivity index (χ2v) is 8.10. The Morgan fingerprint density at radius 3 is 2.48 bits per heavy atom. The fraction of sp³-hybridized carbons (Fsp3) is 0.625. The number of sulfonamides is 1. The summed E-state index contributed by atoms with van der Waals surface area (Å²) in [5, 5.41) is 0. The Balaban J connectivity index is 2.36. The fourth-order valence-electron chi connectivity index (χ4n) is 3.26. The van der Waals surface area contributed by atoms with Crippen LogP contribution in [0.4, 0.5) is 5.69 Å². The number of aryl methyl sites for hydroxylation is 1. The van der Waals surface area contributed by atoms with Crippen molar-refractivity contribution in [1.82, 2.24) is 4.72 Å². The van der Waals surface area contributed by atoms with Gasteiger partial charge >= 0.3 is 0 Å². The first-order chi connectivity index (χ1) is 9.72. The molecular formula is C16H26N2O2S. The molecular weight excluding hydrogens is 284 g/mol. The Hall–Kier alpha value is -1.07. The van der Waals surface area contributed by atoms with Crippen LogP contribution in [0, 0.1) is 26.7 Å². The van der Waals surface area contributed by atoms with E-state index in [1.54, 1.807) is 6.92 Å². The molecule has 21 heavy (non-hydrogen) atoms. The number of hydrogen-bond acceptors (Lipinski definition) is 3. The Bertz CT molecular complexity index is 612. The maximum absolute atomic E-state index is 12.8. The van der Waals surface area contributed by atoms with Crippen LogP contribution in [0.5, 0.6) is 0 Å². The SMILES string of the molecule is Cc1cc(N)c(C)c(S(=O)(=O)NC2CCCC(C)C2)c1C. The third kappa shape index (κ3) is 3.40. The van der Waals surface area contributed by atoms with Crippen molar-refractivity contribution < 1.29 is 8.42 Å². The molecule has 2 atom stereocenters. The van der Waals surface area contributed by atoms with Crippen LogP contribution in [0.2, 0.25) is 0 Å². The van der Waals surface area contributed by atoms with Crippen LogP contribution in [0.3, 0.4) is 0 Å². The van der Waals surface area contributed by atoms with Crippen LogP contribution < -0.4 is 10.5 Å². The van der Waals surface area contributed by atoms with Crippen molar-refractivity contribution in [2.45, 2.75) is 64.3 Å². The molecule has 1 aliphatic rings. The zero-order chi connectivity index (χ0) is 15.8. The normalized spacial score (nSPS) is 23.2. The Morgan fingerprint density at radius 2 is 1.86 bits per heavy atom. The predicted octanol–water partition coefficient (Wildman–Crippen LogP) is 3.05. The Labute approximate surface area is 128 Å². The highest BCUT2D eigenvalue weighted by molar-refractivity contribution is 7.89. The first kappa shape index (κ1) is 16.3. The molecule has 0 aliphatic heterocycles. The maximum Gasteiger partial charge on any atom is 0.241 e. The molecule has 0 heterocycles. The summed E-state index contributed by atoms with van der Waals surface area (Å²) in [6.45, 7) is 7.70. The molecule has 0 saturated heterocycles. The van der Waals surface area contributed by atoms with E-state index in [4.69, 9.17) is 5.73 Å². The van der Waals surface area contributed by atoms with Gasteiger partial charge in [0.05, 0.1) is 4.90 Å². The molecule has 118 valence electrons. The minimum Gasteiger partial charge on any atom is -0.398 e. The number of nitrogens with two attached hydrogens (primary N) is 1. The van der Waals surface area contributed by atoms with Crippen molar-refractivity contribution in [2.75, 3.05) is 5.73 Å². The third-order valence-electron chi connectivity index (χ3n) is 4.60. The molecule has 1 fully saturated rings. The second-order valence-electron chi connectivity index (χ2n) is 6.45. The second kappa shape index (κ2) is 5.97. The summed E-state index contributed by atoms with van der Waals surface area (Å²) in [6.07, 6.45) is 4.11. The van der Waals surface area contributed by atoms with Gasteiger partial charge in [0.25, 0.3) is 0 Å². The van der Waals surface area contributed by atoms with Gasteiger partial charge in [0.15, 0.2) is 0 Å². The van der Waals surface area contributed by atoms with E-state index < -0.39 is 10.0 Å². The van der Waals surface area contributed by atoms with Crippen LogP contribution in [-0.2, 0) is 10.0 Å². The lowest BCUT2D eigenvalue weighted by Crippen LogP contribution is -2.38. The lowest BCUT2D eigenvalue weighted by atomic mass is 9.88. The summed E-state index contributed by atoms with van der Waals surface area (Å²) < 4.78 is 28.5. The molecule has 5 heteroatoms. The molecule has 3 N–H and O–H groups in total. The molecule has 0 aromatic heterocycles. The van der Waals surface area contributed by atoms with Gasteiger partial charge in [-0.25, -0.2) is 13.1 Å². The first-order valence-corrected chi connectivity index (χ1v) is 9.09. The highest BCUT2D eigenvalue weighted by Crippen LogP contribution is 2.30. The average Bonchev–Trinajstić information content (AvgIpc) is 2.35. The minimum atomic E-state index is -3.52. The zero-order valence-corrected chi connectivity index (χ0v) is 14.2. The van der Waals surface area contributed by atoms with E-state index in [0.717, 1.165) is 30.4 Å². The average molecular weight is 310 g/mol. The number of rotatable bonds is 3. The van der Waals surface area contributed by atoms with E-state index >= 15 is 0 Å². The fourth-order valence-corrected chi connectivity index (χ4v) is 5.12. The van der Waals surface area contributed by atoms with Crippen LogP contribution in [0.15, 0.2) is 11.0 Å². The molecule has 0 radical (unpaired) electrons. The van der Waals surface area contributed by atoms with Gasteiger partial charge in [0.2, 0.25) is 10.0 Å². The van der Waals surface area contributed by atoms with Crippen molar-refractivity contribution in [3.8, 4) is 0 Å². The van der Waals surface area contributed by atoms with E-state index in [9.17, 15) is 8.42 Å². The number of nitrogen functional groups attached to an aromatic ring is 1. The smallest absolute Gasteiger partial charge is 0.241 e. The van der Waals surface area contributed by atoms with E-state index in [2.05, 4.69) is 11.6 Å². The van der Waals surface area contributed by atoms with Crippen molar-refractivity contribution in [1.29, 1.82) is 0 Å². The van der Waals surface area contributed by atoms with Crippen molar-refractivity contribution in [2.24, 2.45) is 5.92 Å². The van der Waals surface area contributed by atoms with Gasteiger partial charge in [-0.15, -0.1) is 0 Å². The van der Waals surface area contributed by atoms with Gasteiger partial charge in [0.1, 0.15) is 0 Å².